The fourth-order valence-corrected chi connectivity index (χ4v) is 0.342. The van der Waals surface area contributed by atoms with Crippen LogP contribution in [0, 0.1) is 6.07 Å². The molecule has 0 saturated carbocycles. The summed E-state index contributed by atoms with van der Waals surface area (Å²) in [5.74, 6) is 0. The number of hydrogen-bond donors (Lipinski definition) is 1. The zero-order chi connectivity index (χ0) is 7.66. The van der Waals surface area contributed by atoms with E-state index in [2.05, 4.69) is 6.07 Å². The average Bonchev–Trinajstić information content (AvgIpc) is 2.08. The summed E-state index contributed by atoms with van der Waals surface area (Å²) < 4.78 is 0. The zero-order valence-electron chi connectivity index (χ0n) is 6.70. The van der Waals surface area contributed by atoms with Gasteiger partial charge in [0.25, 0.3) is 0 Å². The van der Waals surface area contributed by atoms with Gasteiger partial charge in [0.1, 0.15) is 0 Å². The van der Waals surface area contributed by atoms with Crippen LogP contribution in [-0.4, -0.2) is 0 Å². The second-order valence-electron chi connectivity index (χ2n) is 1.60. The second kappa shape index (κ2) is 12.5. The van der Waals surface area contributed by atoms with Crippen molar-refractivity contribution in [3.63, 3.8) is 0 Å². The standard InChI is InChI=1S/C6H5.C3H7N.Y/c1-2-4-6-5-3-1;1-2-3-4;/h1-5H;2-3H,4H2,1H3;/q-1;;/b;3-2+;. The van der Waals surface area contributed by atoms with Crippen molar-refractivity contribution in [3.05, 3.63) is 48.7 Å². The average molecular weight is 223 g/mol. The summed E-state index contributed by atoms with van der Waals surface area (Å²) in [5.41, 5.74) is 4.85. The first-order valence-corrected chi connectivity index (χ1v) is 3.15. The predicted molar refractivity (Wildman–Crippen MR) is 44.3 cm³/mol. The van der Waals surface area contributed by atoms with Crippen LogP contribution in [0.5, 0.6) is 0 Å². The third-order valence-electron chi connectivity index (χ3n) is 0.800. The molecular formula is C9H12NY-. The molecular weight excluding hydrogens is 211 g/mol. The summed E-state index contributed by atoms with van der Waals surface area (Å²) in [5, 5.41) is 0. The van der Waals surface area contributed by atoms with E-state index < -0.39 is 0 Å². The predicted octanol–water partition coefficient (Wildman–Crippen LogP) is 1.96. The molecule has 57 valence electrons. The number of rotatable bonds is 0. The molecule has 1 aromatic rings. The van der Waals surface area contributed by atoms with Crippen molar-refractivity contribution < 1.29 is 32.7 Å². The zero-order valence-corrected chi connectivity index (χ0v) is 9.53. The molecule has 0 saturated heterocycles. The van der Waals surface area contributed by atoms with Crippen LogP contribution in [0.15, 0.2) is 42.6 Å². The first-order chi connectivity index (χ1) is 4.91. The molecule has 1 rings (SSSR count). The normalized spacial score (nSPS) is 7.73. The minimum atomic E-state index is 0. The van der Waals surface area contributed by atoms with Crippen LogP contribution < -0.4 is 5.73 Å². The number of allylic oxidation sites excluding steroid dienone is 1. The van der Waals surface area contributed by atoms with Gasteiger partial charge in [0.05, 0.1) is 0 Å². The minimum absolute atomic E-state index is 0. The Labute approximate surface area is 93.6 Å². The van der Waals surface area contributed by atoms with Gasteiger partial charge in [-0.3, -0.25) is 0 Å². The Kier molecular flexibility index (Phi) is 15.3. The van der Waals surface area contributed by atoms with E-state index >= 15 is 0 Å². The molecule has 0 aliphatic heterocycles. The summed E-state index contributed by atoms with van der Waals surface area (Å²) in [6.45, 7) is 1.88. The van der Waals surface area contributed by atoms with Gasteiger partial charge in [-0.25, -0.2) is 0 Å². The fourth-order valence-electron chi connectivity index (χ4n) is 0.342. The molecule has 1 radical (unpaired) electrons. The van der Waals surface area contributed by atoms with Crippen LogP contribution in [-0.2, 0) is 32.7 Å². The van der Waals surface area contributed by atoms with Gasteiger partial charge in [0.15, 0.2) is 0 Å². The number of hydrogen-bond acceptors (Lipinski definition) is 1. The third kappa shape index (κ3) is 12.9. The second-order valence-corrected chi connectivity index (χ2v) is 1.60. The van der Waals surface area contributed by atoms with Gasteiger partial charge in [0.2, 0.25) is 0 Å². The summed E-state index contributed by atoms with van der Waals surface area (Å²) in [6.07, 6.45) is 3.28. The molecule has 0 aliphatic carbocycles. The number of nitrogens with two attached hydrogens (primary N) is 1. The Morgan fingerprint density at radius 3 is 1.73 bits per heavy atom. The van der Waals surface area contributed by atoms with Crippen LogP contribution in [0.1, 0.15) is 6.92 Å². The molecule has 2 N–H and O–H groups in total. The molecule has 0 amide bonds. The van der Waals surface area contributed by atoms with Crippen LogP contribution in [0.4, 0.5) is 0 Å². The van der Waals surface area contributed by atoms with E-state index in [1.807, 2.05) is 37.3 Å². The molecule has 0 atom stereocenters. The Hall–Kier alpha value is -0.136. The topological polar surface area (TPSA) is 26.0 Å². The van der Waals surface area contributed by atoms with Crippen molar-refractivity contribution in [3.8, 4) is 0 Å². The van der Waals surface area contributed by atoms with E-state index in [1.54, 1.807) is 6.08 Å². The molecule has 11 heavy (non-hydrogen) atoms. The minimum Gasteiger partial charge on any atom is -0.405 e. The molecule has 0 spiro atoms. The van der Waals surface area contributed by atoms with Gasteiger partial charge < -0.3 is 5.73 Å². The summed E-state index contributed by atoms with van der Waals surface area (Å²) >= 11 is 0. The molecule has 0 heterocycles. The van der Waals surface area contributed by atoms with Crippen LogP contribution >= 0.6 is 0 Å². The fraction of sp³-hybridized carbons (Fsp3) is 0.111. The Morgan fingerprint density at radius 1 is 1.18 bits per heavy atom. The Balaban J connectivity index is 0. The SMILES string of the molecule is C/C=C/N.[Y].[c-]1ccccc1. The van der Waals surface area contributed by atoms with Crippen molar-refractivity contribution >= 4 is 0 Å². The maximum atomic E-state index is 4.85. The van der Waals surface area contributed by atoms with E-state index in [-0.39, 0.29) is 32.7 Å². The summed E-state index contributed by atoms with van der Waals surface area (Å²) in [7, 11) is 0. The van der Waals surface area contributed by atoms with Crippen molar-refractivity contribution in [2.75, 3.05) is 0 Å². The summed E-state index contributed by atoms with van der Waals surface area (Å²) in [6, 6.07) is 12.5. The van der Waals surface area contributed by atoms with Crippen LogP contribution in [0.25, 0.3) is 0 Å². The molecule has 0 aliphatic rings. The first kappa shape index (κ1) is 13.5. The number of benzene rings is 1. The monoisotopic (exact) mass is 223 g/mol. The van der Waals surface area contributed by atoms with Gasteiger partial charge >= 0.3 is 0 Å². The van der Waals surface area contributed by atoms with E-state index in [9.17, 15) is 0 Å². The third-order valence-corrected chi connectivity index (χ3v) is 0.800. The molecule has 0 aromatic heterocycles. The summed E-state index contributed by atoms with van der Waals surface area (Å²) in [4.78, 5) is 0. The van der Waals surface area contributed by atoms with Gasteiger partial charge in [-0.1, -0.05) is 6.08 Å². The van der Waals surface area contributed by atoms with Crippen molar-refractivity contribution in [1.82, 2.24) is 0 Å². The Morgan fingerprint density at radius 2 is 1.64 bits per heavy atom. The van der Waals surface area contributed by atoms with Gasteiger partial charge in [0, 0.05) is 32.7 Å². The molecule has 1 aromatic carbocycles. The molecule has 2 heteroatoms. The van der Waals surface area contributed by atoms with Crippen molar-refractivity contribution in [1.29, 1.82) is 0 Å². The first-order valence-electron chi connectivity index (χ1n) is 3.15. The smallest absolute Gasteiger partial charge is 0 e. The van der Waals surface area contributed by atoms with Gasteiger partial charge in [-0.2, -0.15) is 36.4 Å². The molecule has 0 fully saturated rings. The maximum Gasteiger partial charge on any atom is 0 e. The van der Waals surface area contributed by atoms with E-state index in [0.29, 0.717) is 0 Å². The quantitative estimate of drug-likeness (QED) is 0.668. The molecule has 0 unspecified atom stereocenters. The van der Waals surface area contributed by atoms with E-state index in [0.717, 1.165) is 0 Å². The van der Waals surface area contributed by atoms with Gasteiger partial charge in [-0.05, 0) is 13.1 Å². The van der Waals surface area contributed by atoms with E-state index in [1.165, 1.54) is 6.20 Å². The van der Waals surface area contributed by atoms with Gasteiger partial charge in [-0.15, -0.1) is 0 Å². The van der Waals surface area contributed by atoms with Crippen LogP contribution in [0.3, 0.4) is 0 Å². The van der Waals surface area contributed by atoms with Crippen molar-refractivity contribution in [2.24, 2.45) is 5.73 Å². The maximum absolute atomic E-state index is 4.85. The Bertz CT molecular complexity index is 130. The van der Waals surface area contributed by atoms with Crippen molar-refractivity contribution in [2.45, 2.75) is 6.92 Å². The molecule has 0 bridgehead atoms. The van der Waals surface area contributed by atoms with Crippen LogP contribution in [0.2, 0.25) is 0 Å². The van der Waals surface area contributed by atoms with E-state index in [4.69, 9.17) is 5.73 Å². The largest absolute Gasteiger partial charge is 0.405 e. The molecule has 1 nitrogen and oxygen atoms in total.